The Bertz CT molecular complexity index is 545. The van der Waals surface area contributed by atoms with E-state index in [0.29, 0.717) is 18.5 Å². The van der Waals surface area contributed by atoms with Crippen LogP contribution in [0.5, 0.6) is 0 Å². The Morgan fingerprint density at radius 2 is 2.14 bits per heavy atom. The van der Waals surface area contributed by atoms with Crippen molar-refractivity contribution in [2.45, 2.75) is 39.7 Å². The molecule has 3 nitrogen and oxygen atoms in total. The number of halogens is 1. The molecule has 0 bridgehead atoms. The second kappa shape index (κ2) is 8.43. The van der Waals surface area contributed by atoms with Gasteiger partial charge in [-0.15, -0.1) is 0 Å². The van der Waals surface area contributed by atoms with Crippen LogP contribution in [-0.4, -0.2) is 35.1 Å². The molecule has 1 atom stereocenters. The van der Waals surface area contributed by atoms with Gasteiger partial charge >= 0.3 is 0 Å². The maximum atomic E-state index is 13.5. The molecular formula is C17H22FNO2. The molecule has 114 valence electrons. The van der Waals surface area contributed by atoms with E-state index in [-0.39, 0.29) is 24.1 Å². The first-order chi connectivity index (χ1) is 10.0. The Kier molecular flexibility index (Phi) is 6.90. The normalized spacial score (nSPS) is 11.5. The molecule has 1 rings (SSSR count). The molecule has 0 aliphatic rings. The van der Waals surface area contributed by atoms with Gasteiger partial charge in [0.25, 0.3) is 5.91 Å². The summed E-state index contributed by atoms with van der Waals surface area (Å²) < 4.78 is 13.5. The zero-order valence-electron chi connectivity index (χ0n) is 12.8. The molecule has 0 radical (unpaired) electrons. The van der Waals surface area contributed by atoms with E-state index in [0.717, 1.165) is 6.42 Å². The quantitative estimate of drug-likeness (QED) is 0.847. The fraction of sp³-hybridized carbons (Fsp3) is 0.471. The highest BCUT2D eigenvalue weighted by atomic mass is 19.1. The van der Waals surface area contributed by atoms with Crippen LogP contribution >= 0.6 is 0 Å². The fourth-order valence-electron chi connectivity index (χ4n) is 2.05. The van der Waals surface area contributed by atoms with Crippen LogP contribution < -0.4 is 0 Å². The van der Waals surface area contributed by atoms with E-state index in [1.165, 1.54) is 18.2 Å². The van der Waals surface area contributed by atoms with Gasteiger partial charge in [-0.1, -0.05) is 18.8 Å². The molecule has 0 saturated heterocycles. The zero-order valence-corrected chi connectivity index (χ0v) is 12.8. The molecule has 1 N–H and O–H groups in total. The van der Waals surface area contributed by atoms with Crippen LogP contribution in [0.25, 0.3) is 0 Å². The molecule has 0 saturated carbocycles. The molecule has 21 heavy (non-hydrogen) atoms. The Morgan fingerprint density at radius 1 is 1.43 bits per heavy atom. The summed E-state index contributed by atoms with van der Waals surface area (Å²) in [6, 6.07) is 4.12. The highest BCUT2D eigenvalue weighted by Gasteiger charge is 2.21. The van der Waals surface area contributed by atoms with E-state index in [9.17, 15) is 9.18 Å². The van der Waals surface area contributed by atoms with Gasteiger partial charge in [-0.05, 0) is 38.5 Å². The summed E-state index contributed by atoms with van der Waals surface area (Å²) in [7, 11) is 0. The van der Waals surface area contributed by atoms with Gasteiger partial charge < -0.3 is 10.0 Å². The number of hydrogen-bond donors (Lipinski definition) is 1. The van der Waals surface area contributed by atoms with Crippen LogP contribution in [0.4, 0.5) is 4.39 Å². The first kappa shape index (κ1) is 17.2. The summed E-state index contributed by atoms with van der Waals surface area (Å²) in [5.74, 6) is 4.95. The average molecular weight is 291 g/mol. The predicted octanol–water partition coefficient (Wildman–Crippen LogP) is 2.82. The lowest BCUT2D eigenvalue weighted by molar-refractivity contribution is 0.0699. The molecule has 0 fully saturated rings. The zero-order chi connectivity index (χ0) is 15.8. The van der Waals surface area contributed by atoms with Gasteiger partial charge in [0.2, 0.25) is 0 Å². The molecule has 0 aliphatic carbocycles. The minimum Gasteiger partial charge on any atom is -0.395 e. The smallest absolute Gasteiger partial charge is 0.255 e. The Balaban J connectivity index is 3.18. The van der Waals surface area contributed by atoms with Crippen molar-refractivity contribution in [2.24, 2.45) is 0 Å². The SMILES string of the molecule is CCC(C)N(CC)C(=O)c1cc(F)ccc1C#CCCO. The van der Waals surface area contributed by atoms with Crippen molar-refractivity contribution in [2.75, 3.05) is 13.2 Å². The molecule has 1 amide bonds. The lowest BCUT2D eigenvalue weighted by Crippen LogP contribution is -2.38. The molecule has 1 aromatic carbocycles. The minimum atomic E-state index is -0.453. The number of aliphatic hydroxyl groups excluding tert-OH is 1. The van der Waals surface area contributed by atoms with Crippen LogP contribution in [0.15, 0.2) is 18.2 Å². The van der Waals surface area contributed by atoms with E-state index >= 15 is 0 Å². The number of aliphatic hydroxyl groups is 1. The number of rotatable bonds is 5. The monoisotopic (exact) mass is 291 g/mol. The minimum absolute atomic E-state index is 0.0363. The third kappa shape index (κ3) is 4.57. The lowest BCUT2D eigenvalue weighted by Gasteiger charge is -2.27. The Hall–Kier alpha value is -1.86. The molecule has 4 heteroatoms. The van der Waals surface area contributed by atoms with Gasteiger partial charge in [-0.25, -0.2) is 4.39 Å². The Labute approximate surface area is 125 Å². The Morgan fingerprint density at radius 3 is 2.71 bits per heavy atom. The van der Waals surface area contributed by atoms with Crippen LogP contribution in [0.2, 0.25) is 0 Å². The average Bonchev–Trinajstić information content (AvgIpc) is 2.49. The van der Waals surface area contributed by atoms with Crippen molar-refractivity contribution < 1.29 is 14.3 Å². The van der Waals surface area contributed by atoms with Gasteiger partial charge in [0.15, 0.2) is 0 Å². The number of amides is 1. The van der Waals surface area contributed by atoms with Gasteiger partial charge in [0, 0.05) is 24.6 Å². The van der Waals surface area contributed by atoms with Crippen molar-refractivity contribution >= 4 is 5.91 Å². The third-order valence-corrected chi connectivity index (χ3v) is 3.40. The summed E-state index contributed by atoms with van der Waals surface area (Å²) in [4.78, 5) is 14.3. The van der Waals surface area contributed by atoms with Crippen LogP contribution in [0.3, 0.4) is 0 Å². The van der Waals surface area contributed by atoms with Gasteiger partial charge in [0.1, 0.15) is 5.82 Å². The molecule has 0 aliphatic heterocycles. The summed E-state index contributed by atoms with van der Waals surface area (Å²) in [5.41, 5.74) is 0.777. The number of hydrogen-bond acceptors (Lipinski definition) is 2. The summed E-state index contributed by atoms with van der Waals surface area (Å²) in [6.07, 6.45) is 1.16. The number of nitrogens with zero attached hydrogens (tertiary/aromatic N) is 1. The van der Waals surface area contributed by atoms with E-state index in [4.69, 9.17) is 5.11 Å². The first-order valence-corrected chi connectivity index (χ1v) is 7.25. The molecule has 0 heterocycles. The largest absolute Gasteiger partial charge is 0.395 e. The fourth-order valence-corrected chi connectivity index (χ4v) is 2.05. The topological polar surface area (TPSA) is 40.5 Å². The summed E-state index contributed by atoms with van der Waals surface area (Å²) >= 11 is 0. The molecule has 0 aromatic heterocycles. The number of benzene rings is 1. The second-order valence-corrected chi connectivity index (χ2v) is 4.81. The summed E-state index contributed by atoms with van der Waals surface area (Å²) in [6.45, 7) is 6.41. The van der Waals surface area contributed by atoms with Crippen molar-refractivity contribution in [1.82, 2.24) is 4.90 Å². The summed E-state index contributed by atoms with van der Waals surface area (Å²) in [5, 5.41) is 8.76. The van der Waals surface area contributed by atoms with E-state index < -0.39 is 5.82 Å². The van der Waals surface area contributed by atoms with Crippen molar-refractivity contribution in [3.8, 4) is 11.8 Å². The van der Waals surface area contributed by atoms with Gasteiger partial charge in [-0.3, -0.25) is 4.79 Å². The third-order valence-electron chi connectivity index (χ3n) is 3.40. The van der Waals surface area contributed by atoms with E-state index in [2.05, 4.69) is 11.8 Å². The van der Waals surface area contributed by atoms with Crippen molar-refractivity contribution in [3.05, 3.63) is 35.1 Å². The van der Waals surface area contributed by atoms with Gasteiger partial charge in [0.05, 0.1) is 12.2 Å². The highest BCUT2D eigenvalue weighted by Crippen LogP contribution is 2.16. The van der Waals surface area contributed by atoms with Crippen LogP contribution in [-0.2, 0) is 0 Å². The van der Waals surface area contributed by atoms with E-state index in [1.54, 1.807) is 4.90 Å². The lowest BCUT2D eigenvalue weighted by atomic mass is 10.0. The molecule has 1 unspecified atom stereocenters. The standard InChI is InChI=1S/C17H22FNO2/c1-4-13(3)19(5-2)17(21)16-12-15(18)10-9-14(16)8-6-7-11-20/h9-10,12-13,20H,4-5,7,11H2,1-3H3. The number of carbonyl (C=O) groups excluding carboxylic acids is 1. The number of carbonyl (C=O) groups is 1. The van der Waals surface area contributed by atoms with Crippen LogP contribution in [0, 0.1) is 17.7 Å². The molecule has 0 spiro atoms. The maximum absolute atomic E-state index is 13.5. The molecular weight excluding hydrogens is 269 g/mol. The highest BCUT2D eigenvalue weighted by molar-refractivity contribution is 5.97. The second-order valence-electron chi connectivity index (χ2n) is 4.81. The van der Waals surface area contributed by atoms with Crippen molar-refractivity contribution in [3.63, 3.8) is 0 Å². The first-order valence-electron chi connectivity index (χ1n) is 7.25. The van der Waals surface area contributed by atoms with Crippen LogP contribution in [0.1, 0.15) is 49.5 Å². The predicted molar refractivity (Wildman–Crippen MR) is 81.4 cm³/mol. The molecule has 1 aromatic rings. The van der Waals surface area contributed by atoms with Gasteiger partial charge in [-0.2, -0.15) is 0 Å². The van der Waals surface area contributed by atoms with E-state index in [1.807, 2.05) is 20.8 Å². The van der Waals surface area contributed by atoms with Crippen molar-refractivity contribution in [1.29, 1.82) is 0 Å². The maximum Gasteiger partial charge on any atom is 0.255 e.